The molecule has 0 amide bonds. The van der Waals surface area contributed by atoms with Gasteiger partial charge in [-0.15, -0.1) is 0 Å². The summed E-state index contributed by atoms with van der Waals surface area (Å²) in [6, 6.07) is 0. The molecule has 2 heterocycles. The lowest BCUT2D eigenvalue weighted by atomic mass is 10.0. The summed E-state index contributed by atoms with van der Waals surface area (Å²) in [5.74, 6) is 0. The van der Waals surface area contributed by atoms with Crippen LogP contribution in [0.4, 0.5) is 0 Å². The summed E-state index contributed by atoms with van der Waals surface area (Å²) in [6.07, 6.45) is 15.9. The summed E-state index contributed by atoms with van der Waals surface area (Å²) in [5, 5.41) is 0. The third-order valence-corrected chi connectivity index (χ3v) is 4.33. The van der Waals surface area contributed by atoms with Crippen LogP contribution < -0.4 is 0 Å². The molecule has 2 nitrogen and oxygen atoms in total. The van der Waals surface area contributed by atoms with E-state index in [-0.39, 0.29) is 0 Å². The molecule has 92 valence electrons. The van der Waals surface area contributed by atoms with Crippen LogP contribution in [-0.2, 0) is 9.47 Å². The first kappa shape index (κ1) is 11.0. The minimum atomic E-state index is 0.632. The van der Waals surface area contributed by atoms with Crippen molar-refractivity contribution >= 4 is 0 Å². The van der Waals surface area contributed by atoms with Gasteiger partial charge in [-0.3, -0.25) is 0 Å². The van der Waals surface area contributed by atoms with Crippen molar-refractivity contribution in [1.29, 1.82) is 0 Å². The van der Waals surface area contributed by atoms with Crippen molar-refractivity contribution in [2.75, 3.05) is 0 Å². The average Bonchev–Trinajstić information content (AvgIpc) is 3.15. The molecule has 3 aliphatic rings. The molecule has 0 spiro atoms. The number of hydrogen-bond donors (Lipinski definition) is 0. The van der Waals surface area contributed by atoms with E-state index in [2.05, 4.69) is 0 Å². The Hall–Kier alpha value is -0.0800. The van der Waals surface area contributed by atoms with Crippen LogP contribution in [0.3, 0.4) is 0 Å². The molecule has 2 aliphatic heterocycles. The minimum Gasteiger partial charge on any atom is -0.370 e. The van der Waals surface area contributed by atoms with E-state index in [1.54, 1.807) is 0 Å². The Morgan fingerprint density at radius 3 is 1.06 bits per heavy atom. The van der Waals surface area contributed by atoms with Crippen molar-refractivity contribution in [1.82, 2.24) is 0 Å². The SMILES string of the molecule is C1CCC2OC2CCCCCC2OC2CC1. The third kappa shape index (κ3) is 2.98. The van der Waals surface area contributed by atoms with E-state index in [9.17, 15) is 0 Å². The van der Waals surface area contributed by atoms with Gasteiger partial charge in [0.15, 0.2) is 0 Å². The minimum absolute atomic E-state index is 0.632. The maximum atomic E-state index is 5.70. The zero-order chi connectivity index (χ0) is 10.8. The molecule has 2 heteroatoms. The first-order valence-corrected chi connectivity index (χ1v) is 7.24. The second kappa shape index (κ2) is 5.05. The van der Waals surface area contributed by atoms with E-state index < -0.39 is 0 Å². The molecule has 1 saturated carbocycles. The number of ether oxygens (including phenoxy) is 2. The third-order valence-electron chi connectivity index (χ3n) is 4.33. The molecule has 0 aromatic carbocycles. The first-order chi connectivity index (χ1) is 7.93. The van der Waals surface area contributed by atoms with Gasteiger partial charge in [0.05, 0.1) is 24.4 Å². The molecule has 3 fully saturated rings. The summed E-state index contributed by atoms with van der Waals surface area (Å²) in [7, 11) is 0. The fourth-order valence-corrected chi connectivity index (χ4v) is 3.11. The van der Waals surface area contributed by atoms with Gasteiger partial charge >= 0.3 is 0 Å². The van der Waals surface area contributed by atoms with Crippen molar-refractivity contribution in [3.05, 3.63) is 0 Å². The molecule has 0 bridgehead atoms. The van der Waals surface area contributed by atoms with E-state index in [1.165, 1.54) is 64.2 Å². The average molecular weight is 224 g/mol. The Kier molecular flexibility index (Phi) is 3.49. The quantitative estimate of drug-likeness (QED) is 0.589. The van der Waals surface area contributed by atoms with Crippen molar-refractivity contribution in [3.63, 3.8) is 0 Å². The molecule has 0 aromatic heterocycles. The van der Waals surface area contributed by atoms with E-state index in [1.807, 2.05) is 0 Å². The largest absolute Gasteiger partial charge is 0.370 e. The molecule has 0 aromatic rings. The summed E-state index contributed by atoms with van der Waals surface area (Å²) in [4.78, 5) is 0. The van der Waals surface area contributed by atoms with Crippen molar-refractivity contribution in [2.45, 2.75) is 88.6 Å². The van der Waals surface area contributed by atoms with Gasteiger partial charge in [-0.25, -0.2) is 0 Å². The number of hydrogen-bond acceptors (Lipinski definition) is 2. The van der Waals surface area contributed by atoms with E-state index in [0.29, 0.717) is 24.4 Å². The van der Waals surface area contributed by atoms with Gasteiger partial charge in [0, 0.05) is 0 Å². The monoisotopic (exact) mass is 224 g/mol. The maximum Gasteiger partial charge on any atom is 0.0841 e. The second-order valence-electron chi connectivity index (χ2n) is 5.70. The van der Waals surface area contributed by atoms with Crippen molar-refractivity contribution < 1.29 is 9.47 Å². The van der Waals surface area contributed by atoms with E-state index in [0.717, 1.165) is 0 Å². The standard InChI is InChI=1S/C14H24O2/c1-3-7-11-13(15-11)9-5-2-6-10-14-12(16-14)8-4-1/h11-14H,1-10H2. The molecule has 16 heavy (non-hydrogen) atoms. The van der Waals surface area contributed by atoms with Crippen molar-refractivity contribution in [2.24, 2.45) is 0 Å². The summed E-state index contributed by atoms with van der Waals surface area (Å²) in [6.45, 7) is 0. The van der Waals surface area contributed by atoms with Crippen LogP contribution in [0.5, 0.6) is 0 Å². The van der Waals surface area contributed by atoms with Gasteiger partial charge in [0.1, 0.15) is 0 Å². The van der Waals surface area contributed by atoms with Gasteiger partial charge in [-0.1, -0.05) is 38.5 Å². The molecule has 2 saturated heterocycles. The lowest BCUT2D eigenvalue weighted by Crippen LogP contribution is -1.98. The molecule has 1 aliphatic carbocycles. The van der Waals surface area contributed by atoms with Crippen LogP contribution >= 0.6 is 0 Å². The summed E-state index contributed by atoms with van der Waals surface area (Å²) in [5.41, 5.74) is 0. The Balaban J connectivity index is 1.40. The fraction of sp³-hybridized carbons (Fsp3) is 1.00. The normalized spacial score (nSPS) is 45.0. The summed E-state index contributed by atoms with van der Waals surface area (Å²) >= 11 is 0. The Bertz CT molecular complexity index is 185. The lowest BCUT2D eigenvalue weighted by Gasteiger charge is -2.01. The van der Waals surface area contributed by atoms with Crippen LogP contribution in [0.25, 0.3) is 0 Å². The van der Waals surface area contributed by atoms with Gasteiger partial charge in [-0.05, 0) is 25.7 Å². The number of rotatable bonds is 0. The van der Waals surface area contributed by atoms with E-state index >= 15 is 0 Å². The van der Waals surface area contributed by atoms with Crippen LogP contribution in [0, 0.1) is 0 Å². The molecule has 4 atom stereocenters. The van der Waals surface area contributed by atoms with Gasteiger partial charge in [-0.2, -0.15) is 0 Å². The molecular weight excluding hydrogens is 200 g/mol. The zero-order valence-corrected chi connectivity index (χ0v) is 10.2. The Morgan fingerprint density at radius 1 is 0.438 bits per heavy atom. The van der Waals surface area contributed by atoms with Crippen LogP contribution in [0.1, 0.15) is 64.2 Å². The van der Waals surface area contributed by atoms with Gasteiger partial charge in [0.25, 0.3) is 0 Å². The highest BCUT2D eigenvalue weighted by atomic mass is 16.6. The van der Waals surface area contributed by atoms with Crippen LogP contribution in [-0.4, -0.2) is 24.4 Å². The molecular formula is C14H24O2. The maximum absolute atomic E-state index is 5.70. The second-order valence-corrected chi connectivity index (χ2v) is 5.70. The Morgan fingerprint density at radius 2 is 0.750 bits per heavy atom. The topological polar surface area (TPSA) is 25.1 Å². The number of epoxide rings is 2. The first-order valence-electron chi connectivity index (χ1n) is 7.24. The fourth-order valence-electron chi connectivity index (χ4n) is 3.11. The molecule has 0 N–H and O–H groups in total. The molecule has 0 radical (unpaired) electrons. The van der Waals surface area contributed by atoms with Crippen molar-refractivity contribution in [3.8, 4) is 0 Å². The highest BCUT2D eigenvalue weighted by Crippen LogP contribution is 2.35. The van der Waals surface area contributed by atoms with Gasteiger partial charge in [0.2, 0.25) is 0 Å². The predicted octanol–water partition coefficient (Wildman–Crippen LogP) is 3.44. The summed E-state index contributed by atoms with van der Waals surface area (Å²) < 4.78 is 11.4. The lowest BCUT2D eigenvalue weighted by molar-refractivity contribution is 0.335. The highest BCUT2D eigenvalue weighted by molar-refractivity contribution is 4.87. The smallest absolute Gasteiger partial charge is 0.0841 e. The molecule has 4 unspecified atom stereocenters. The van der Waals surface area contributed by atoms with E-state index in [4.69, 9.17) is 9.47 Å². The Labute approximate surface area is 98.7 Å². The number of fused-ring (bicyclic) bond motifs is 2. The molecule has 3 rings (SSSR count). The zero-order valence-electron chi connectivity index (χ0n) is 10.2. The van der Waals surface area contributed by atoms with Gasteiger partial charge < -0.3 is 9.47 Å². The van der Waals surface area contributed by atoms with Crippen LogP contribution in [0.2, 0.25) is 0 Å². The van der Waals surface area contributed by atoms with Crippen LogP contribution in [0.15, 0.2) is 0 Å². The highest BCUT2D eigenvalue weighted by Gasteiger charge is 2.39. The predicted molar refractivity (Wildman–Crippen MR) is 63.5 cm³/mol.